The smallest absolute Gasteiger partial charge is 0.257 e. The summed E-state index contributed by atoms with van der Waals surface area (Å²) >= 11 is 6.09. The molecule has 2 N–H and O–H groups in total. The number of pyridine rings is 1. The van der Waals surface area contributed by atoms with Gasteiger partial charge in [0, 0.05) is 35.7 Å². The molecule has 3 heterocycles. The van der Waals surface area contributed by atoms with E-state index in [9.17, 15) is 13.2 Å². The van der Waals surface area contributed by atoms with Gasteiger partial charge >= 0.3 is 0 Å². The van der Waals surface area contributed by atoms with Gasteiger partial charge in [-0.2, -0.15) is 0 Å². The van der Waals surface area contributed by atoms with E-state index < -0.39 is 10.0 Å². The van der Waals surface area contributed by atoms with Crippen molar-refractivity contribution in [2.45, 2.75) is 13.3 Å². The molecule has 2 unspecified atom stereocenters. The van der Waals surface area contributed by atoms with Gasteiger partial charge in [0.25, 0.3) is 5.91 Å². The van der Waals surface area contributed by atoms with Crippen LogP contribution in [0.25, 0.3) is 5.82 Å². The van der Waals surface area contributed by atoms with Crippen molar-refractivity contribution in [2.75, 3.05) is 34.3 Å². The summed E-state index contributed by atoms with van der Waals surface area (Å²) in [5, 5.41) is 3.07. The molecule has 1 aliphatic carbocycles. The maximum Gasteiger partial charge on any atom is 0.257 e. The fraction of sp³-hybridized carbons (Fsp3) is 0.304. The highest BCUT2D eigenvalue weighted by atomic mass is 35.5. The number of nitrogens with zero attached hydrogens (tertiary/aromatic N) is 3. The summed E-state index contributed by atoms with van der Waals surface area (Å²) in [5.41, 5.74) is 3.11. The monoisotopic (exact) mass is 485 g/mol. The molecule has 5 rings (SSSR count). The van der Waals surface area contributed by atoms with E-state index in [1.807, 2.05) is 23.8 Å². The fourth-order valence-electron chi connectivity index (χ4n) is 4.40. The molecule has 10 heteroatoms. The maximum absolute atomic E-state index is 12.8. The summed E-state index contributed by atoms with van der Waals surface area (Å²) in [5.74, 6) is 2.12. The van der Waals surface area contributed by atoms with Crippen LogP contribution in [0.4, 0.5) is 17.1 Å². The highest BCUT2D eigenvalue weighted by Crippen LogP contribution is 2.46. The third kappa shape index (κ3) is 4.84. The maximum atomic E-state index is 12.8. The van der Waals surface area contributed by atoms with Crippen molar-refractivity contribution in [1.82, 2.24) is 9.55 Å². The Hall–Kier alpha value is -3.04. The first-order valence-corrected chi connectivity index (χ1v) is 12.9. The van der Waals surface area contributed by atoms with Crippen molar-refractivity contribution >= 4 is 44.6 Å². The van der Waals surface area contributed by atoms with Crippen molar-refractivity contribution in [3.05, 3.63) is 65.1 Å². The van der Waals surface area contributed by atoms with E-state index >= 15 is 0 Å². The number of piperidine rings is 1. The molecular formula is C23H24ClN5O3S. The number of anilines is 3. The lowest BCUT2D eigenvalue weighted by Crippen LogP contribution is -2.21. The summed E-state index contributed by atoms with van der Waals surface area (Å²) in [6.45, 7) is 4.14. The minimum Gasteiger partial charge on any atom is -0.370 e. The number of rotatable bonds is 6. The second-order valence-corrected chi connectivity index (χ2v) is 11.0. The summed E-state index contributed by atoms with van der Waals surface area (Å²) in [4.78, 5) is 19.8. The van der Waals surface area contributed by atoms with E-state index in [-0.39, 0.29) is 11.6 Å². The zero-order valence-electron chi connectivity index (χ0n) is 18.2. The number of carbonyl (C=O) groups is 1. The molecule has 2 aromatic heterocycles. The lowest BCUT2D eigenvalue weighted by Gasteiger charge is -2.20. The third-order valence-corrected chi connectivity index (χ3v) is 6.88. The molecule has 172 valence electrons. The lowest BCUT2D eigenvalue weighted by molar-refractivity contribution is 0.102. The SMILES string of the molecule is Cc1cc(C(=O)Nc2cc(Cl)cc(NS(C)(=O)=O)c2)cn1-c1ccc(N2CC3CC3C2)cn1. The van der Waals surface area contributed by atoms with Gasteiger partial charge in [0.05, 0.1) is 29.4 Å². The minimum absolute atomic E-state index is 0.272. The van der Waals surface area contributed by atoms with Crippen LogP contribution < -0.4 is 14.9 Å². The molecule has 33 heavy (non-hydrogen) atoms. The lowest BCUT2D eigenvalue weighted by atomic mass is 10.2. The summed E-state index contributed by atoms with van der Waals surface area (Å²) in [6.07, 6.45) is 6.03. The highest BCUT2D eigenvalue weighted by molar-refractivity contribution is 7.92. The minimum atomic E-state index is -3.47. The molecule has 0 bridgehead atoms. The second kappa shape index (κ2) is 8.07. The van der Waals surface area contributed by atoms with Gasteiger partial charge in [0.1, 0.15) is 5.82 Å². The zero-order valence-corrected chi connectivity index (χ0v) is 19.8. The molecule has 2 fully saturated rings. The zero-order chi connectivity index (χ0) is 23.3. The quantitative estimate of drug-likeness (QED) is 0.551. The summed E-state index contributed by atoms with van der Waals surface area (Å²) < 4.78 is 27.2. The van der Waals surface area contributed by atoms with Crippen LogP contribution in [0.3, 0.4) is 0 Å². The van der Waals surface area contributed by atoms with E-state index in [1.54, 1.807) is 18.3 Å². The third-order valence-electron chi connectivity index (χ3n) is 6.06. The standard InChI is InChI=1S/C23H24ClN5O3S/c1-14-5-17(23(30)26-19-7-18(24)8-20(9-19)27-33(2,31)32)13-29(14)22-4-3-21(10-25-22)28-11-15-6-16(15)12-28/h3-5,7-10,13,15-16,27H,6,11-12H2,1-2H3,(H,26,30). The van der Waals surface area contributed by atoms with Crippen LogP contribution in [-0.4, -0.2) is 43.2 Å². The van der Waals surface area contributed by atoms with Gasteiger partial charge in [0.2, 0.25) is 10.0 Å². The molecular weight excluding hydrogens is 462 g/mol. The number of benzene rings is 1. The van der Waals surface area contributed by atoms with Crippen LogP contribution in [0.5, 0.6) is 0 Å². The number of hydrogen-bond acceptors (Lipinski definition) is 5. The van der Waals surface area contributed by atoms with E-state index in [1.165, 1.54) is 18.6 Å². The van der Waals surface area contributed by atoms with Crippen molar-refractivity contribution < 1.29 is 13.2 Å². The largest absolute Gasteiger partial charge is 0.370 e. The van der Waals surface area contributed by atoms with Crippen LogP contribution in [0.1, 0.15) is 22.5 Å². The van der Waals surface area contributed by atoms with Gasteiger partial charge < -0.3 is 14.8 Å². The predicted molar refractivity (Wildman–Crippen MR) is 130 cm³/mol. The molecule has 1 aliphatic heterocycles. The van der Waals surface area contributed by atoms with Crippen LogP contribution in [-0.2, 0) is 10.0 Å². The topological polar surface area (TPSA) is 96.3 Å². The number of sulfonamides is 1. The first-order chi connectivity index (χ1) is 15.6. The van der Waals surface area contributed by atoms with Crippen molar-refractivity contribution in [2.24, 2.45) is 11.8 Å². The molecule has 0 radical (unpaired) electrons. The van der Waals surface area contributed by atoms with Gasteiger partial charge in [-0.1, -0.05) is 11.6 Å². The van der Waals surface area contributed by atoms with E-state index in [0.29, 0.717) is 16.3 Å². The summed E-state index contributed by atoms with van der Waals surface area (Å²) in [7, 11) is -3.47. The van der Waals surface area contributed by atoms with Gasteiger partial charge in [-0.05, 0) is 61.6 Å². The Morgan fingerprint density at radius 3 is 2.52 bits per heavy atom. The molecule has 2 aliphatic rings. The number of carbonyl (C=O) groups excluding carboxylic acids is 1. The van der Waals surface area contributed by atoms with Gasteiger partial charge in [-0.3, -0.25) is 9.52 Å². The average Bonchev–Trinajstić information content (AvgIpc) is 3.14. The number of amides is 1. The Balaban J connectivity index is 1.31. The molecule has 8 nitrogen and oxygen atoms in total. The Morgan fingerprint density at radius 2 is 1.85 bits per heavy atom. The molecule has 3 aromatic rings. The van der Waals surface area contributed by atoms with Crippen LogP contribution in [0.15, 0.2) is 48.8 Å². The number of hydrogen-bond donors (Lipinski definition) is 2. The molecule has 1 aromatic carbocycles. The molecule has 1 saturated heterocycles. The average molecular weight is 486 g/mol. The highest BCUT2D eigenvalue weighted by Gasteiger charge is 2.45. The van der Waals surface area contributed by atoms with Gasteiger partial charge in [-0.25, -0.2) is 13.4 Å². The Morgan fingerprint density at radius 1 is 1.12 bits per heavy atom. The Kier molecular flexibility index (Phi) is 5.33. The number of aromatic nitrogens is 2. The fourth-order valence-corrected chi connectivity index (χ4v) is 5.18. The first kappa shape index (κ1) is 21.8. The molecule has 2 atom stereocenters. The van der Waals surface area contributed by atoms with Crippen molar-refractivity contribution in [1.29, 1.82) is 0 Å². The molecule has 1 amide bonds. The number of nitrogens with one attached hydrogen (secondary N) is 2. The van der Waals surface area contributed by atoms with E-state index in [4.69, 9.17) is 11.6 Å². The molecule has 0 spiro atoms. The van der Waals surface area contributed by atoms with Crippen molar-refractivity contribution in [3.63, 3.8) is 0 Å². The van der Waals surface area contributed by atoms with E-state index in [0.717, 1.165) is 48.4 Å². The van der Waals surface area contributed by atoms with Crippen LogP contribution >= 0.6 is 11.6 Å². The first-order valence-electron chi connectivity index (χ1n) is 10.6. The van der Waals surface area contributed by atoms with Gasteiger partial charge in [-0.15, -0.1) is 0 Å². The Bertz CT molecular complexity index is 1330. The molecule has 1 saturated carbocycles. The van der Waals surface area contributed by atoms with Crippen molar-refractivity contribution in [3.8, 4) is 5.82 Å². The van der Waals surface area contributed by atoms with Crippen LogP contribution in [0, 0.1) is 18.8 Å². The number of halogens is 1. The number of fused-ring (bicyclic) bond motifs is 1. The second-order valence-electron chi connectivity index (χ2n) is 8.83. The summed E-state index contributed by atoms with van der Waals surface area (Å²) in [6, 6.07) is 10.4. The van der Waals surface area contributed by atoms with E-state index in [2.05, 4.69) is 26.0 Å². The Labute approximate surface area is 197 Å². The van der Waals surface area contributed by atoms with Crippen LogP contribution in [0.2, 0.25) is 5.02 Å². The van der Waals surface area contributed by atoms with Gasteiger partial charge in [0.15, 0.2) is 0 Å². The number of aryl methyl sites for hydroxylation is 1. The predicted octanol–water partition coefficient (Wildman–Crippen LogP) is 3.91. The normalized spacial score (nSPS) is 19.3.